The minimum atomic E-state index is -0.736. The van der Waals surface area contributed by atoms with Crippen LogP contribution in [0.25, 0.3) is 0 Å². The van der Waals surface area contributed by atoms with E-state index in [9.17, 15) is 9.59 Å². The molecule has 0 N–H and O–H groups in total. The molecular weight excluding hydrogens is 456 g/mol. The Morgan fingerprint density at radius 3 is 2.53 bits per heavy atom. The summed E-state index contributed by atoms with van der Waals surface area (Å²) in [6.45, 7) is 7.27. The van der Waals surface area contributed by atoms with E-state index in [1.54, 1.807) is 64.2 Å². The summed E-state index contributed by atoms with van der Waals surface area (Å²) in [6, 6.07) is 10.7. The first-order chi connectivity index (χ1) is 17.1. The molecule has 0 saturated carbocycles. The Morgan fingerprint density at radius 2 is 1.92 bits per heavy atom. The van der Waals surface area contributed by atoms with Gasteiger partial charge in [-0.3, -0.25) is 14.7 Å². The minimum absolute atomic E-state index is 0.00252. The van der Waals surface area contributed by atoms with Gasteiger partial charge in [0.25, 0.3) is 0 Å². The summed E-state index contributed by atoms with van der Waals surface area (Å²) in [5, 5.41) is 18.3. The predicted octanol–water partition coefficient (Wildman–Crippen LogP) is 5.56. The van der Waals surface area contributed by atoms with Gasteiger partial charge in [-0.1, -0.05) is 6.08 Å². The molecule has 8 nitrogen and oxygen atoms in total. The number of nitriles is 2. The molecule has 1 heterocycles. The van der Waals surface area contributed by atoms with Crippen LogP contribution in [0.2, 0.25) is 0 Å². The maximum atomic E-state index is 13.1. The summed E-state index contributed by atoms with van der Waals surface area (Å²) in [4.78, 5) is 31.1. The molecule has 1 aliphatic rings. The molecule has 1 aromatic carbocycles. The molecule has 0 atom stereocenters. The van der Waals surface area contributed by atoms with Gasteiger partial charge in [-0.05, 0) is 76.5 Å². The molecule has 0 bridgehead atoms. The number of pyridine rings is 1. The Labute approximate surface area is 211 Å². The van der Waals surface area contributed by atoms with Crippen molar-refractivity contribution in [2.45, 2.75) is 52.7 Å². The number of hydrogen-bond donors (Lipinski definition) is 0. The van der Waals surface area contributed by atoms with Crippen LogP contribution in [0.3, 0.4) is 0 Å². The molecule has 2 aromatic rings. The Morgan fingerprint density at radius 1 is 1.19 bits per heavy atom. The Hall–Kier alpha value is -4.43. The van der Waals surface area contributed by atoms with Gasteiger partial charge in [-0.2, -0.15) is 10.5 Å². The number of ether oxygens (including phenoxy) is 2. The molecule has 0 unspecified atom stereocenters. The number of aromatic nitrogens is 1. The lowest BCUT2D eigenvalue weighted by Gasteiger charge is -2.28. The number of nitrogens with zero attached hydrogens (tertiary/aromatic N) is 4. The van der Waals surface area contributed by atoms with E-state index in [1.807, 2.05) is 6.08 Å². The van der Waals surface area contributed by atoms with Crippen LogP contribution in [0.5, 0.6) is 5.75 Å². The van der Waals surface area contributed by atoms with Gasteiger partial charge in [-0.15, -0.1) is 0 Å². The number of allylic oxidation sites excluding steroid dienone is 3. The van der Waals surface area contributed by atoms with Crippen LogP contribution >= 0.6 is 0 Å². The van der Waals surface area contributed by atoms with Crippen molar-refractivity contribution >= 4 is 18.1 Å². The Balaban J connectivity index is 1.94. The quantitative estimate of drug-likeness (QED) is 0.472. The van der Waals surface area contributed by atoms with Gasteiger partial charge < -0.3 is 9.47 Å². The predicted molar refractivity (Wildman–Crippen MR) is 134 cm³/mol. The van der Waals surface area contributed by atoms with Crippen molar-refractivity contribution in [3.63, 3.8) is 0 Å². The topological polar surface area (TPSA) is 116 Å². The van der Waals surface area contributed by atoms with Crippen LogP contribution in [0.4, 0.5) is 10.5 Å². The molecule has 1 aliphatic carbocycles. The van der Waals surface area contributed by atoms with Gasteiger partial charge in [0.05, 0.1) is 35.5 Å². The second-order valence-corrected chi connectivity index (χ2v) is 9.36. The number of rotatable bonds is 7. The number of aldehydes is 1. The van der Waals surface area contributed by atoms with Crippen molar-refractivity contribution in [2.75, 3.05) is 11.5 Å². The normalized spacial score (nSPS) is 12.9. The van der Waals surface area contributed by atoms with Gasteiger partial charge in [-0.25, -0.2) is 4.79 Å². The number of anilines is 1. The van der Waals surface area contributed by atoms with Crippen LogP contribution in [0.15, 0.2) is 53.8 Å². The summed E-state index contributed by atoms with van der Waals surface area (Å²) in [7, 11) is 0. The van der Waals surface area contributed by atoms with E-state index in [0.29, 0.717) is 40.1 Å². The fourth-order valence-electron chi connectivity index (χ4n) is 3.67. The number of hydrogen-bond acceptors (Lipinski definition) is 7. The largest absolute Gasteiger partial charge is 0.487 e. The van der Waals surface area contributed by atoms with E-state index in [0.717, 1.165) is 18.4 Å². The SMILES string of the molecule is Cc1ncc(CN(C(=O)OC(C)(C)C)c2ccc(C#N)cc2)c(C=O)c1OCC1=CC(C#N)=CCC1. The maximum absolute atomic E-state index is 13.1. The molecule has 1 amide bonds. The summed E-state index contributed by atoms with van der Waals surface area (Å²) >= 11 is 0. The smallest absolute Gasteiger partial charge is 0.415 e. The van der Waals surface area contributed by atoms with E-state index < -0.39 is 11.7 Å². The molecule has 0 saturated heterocycles. The van der Waals surface area contributed by atoms with E-state index in [-0.39, 0.29) is 18.7 Å². The van der Waals surface area contributed by atoms with Crippen molar-refractivity contribution in [3.05, 3.63) is 76.1 Å². The average molecular weight is 485 g/mol. The van der Waals surface area contributed by atoms with Gasteiger partial charge in [0.2, 0.25) is 0 Å². The highest BCUT2D eigenvalue weighted by Gasteiger charge is 2.26. The summed E-state index contributed by atoms with van der Waals surface area (Å²) in [5.41, 5.74) is 3.07. The van der Waals surface area contributed by atoms with Crippen LogP contribution < -0.4 is 9.64 Å². The third-order valence-electron chi connectivity index (χ3n) is 5.42. The highest BCUT2D eigenvalue weighted by molar-refractivity contribution is 5.89. The Kier molecular flexibility index (Phi) is 8.24. The van der Waals surface area contributed by atoms with Crippen molar-refractivity contribution < 1.29 is 19.1 Å². The number of benzene rings is 1. The third-order valence-corrected chi connectivity index (χ3v) is 5.42. The Bertz CT molecular complexity index is 1290. The van der Waals surface area contributed by atoms with E-state index >= 15 is 0 Å². The highest BCUT2D eigenvalue weighted by Crippen LogP contribution is 2.29. The zero-order valence-corrected chi connectivity index (χ0v) is 20.9. The highest BCUT2D eigenvalue weighted by atomic mass is 16.6. The van der Waals surface area contributed by atoms with E-state index in [1.165, 1.54) is 4.90 Å². The minimum Gasteiger partial charge on any atom is -0.487 e. The number of carbonyl (C=O) groups excluding carboxylic acids is 2. The molecule has 0 aliphatic heterocycles. The molecule has 3 rings (SSSR count). The van der Waals surface area contributed by atoms with Crippen molar-refractivity contribution in [1.29, 1.82) is 10.5 Å². The number of carbonyl (C=O) groups is 2. The summed E-state index contributed by atoms with van der Waals surface area (Å²) < 4.78 is 11.6. The summed E-state index contributed by atoms with van der Waals surface area (Å²) in [6.07, 6.45) is 6.83. The molecule has 184 valence electrons. The molecule has 0 spiro atoms. The van der Waals surface area contributed by atoms with Gasteiger partial charge in [0.1, 0.15) is 12.2 Å². The molecule has 0 radical (unpaired) electrons. The fraction of sp³-hybridized carbons (Fsp3) is 0.321. The first-order valence-corrected chi connectivity index (χ1v) is 11.5. The first kappa shape index (κ1) is 26.2. The molecular formula is C28H28N4O4. The lowest BCUT2D eigenvalue weighted by atomic mass is 10.0. The summed E-state index contributed by atoms with van der Waals surface area (Å²) in [5.74, 6) is 0.334. The van der Waals surface area contributed by atoms with E-state index in [2.05, 4.69) is 17.1 Å². The van der Waals surface area contributed by atoms with Gasteiger partial charge in [0, 0.05) is 23.0 Å². The van der Waals surface area contributed by atoms with Crippen LogP contribution in [-0.4, -0.2) is 29.6 Å². The van der Waals surface area contributed by atoms with Crippen molar-refractivity contribution in [1.82, 2.24) is 4.98 Å². The zero-order valence-electron chi connectivity index (χ0n) is 20.9. The standard InChI is InChI=1S/C28H28N4O4/c1-19-26(35-18-22-7-5-6-21(12-22)14-30)25(17-33)23(15-31-19)16-32(27(34)36-28(2,3)4)24-10-8-20(13-29)9-11-24/h6,8-12,15,17H,5,7,16,18H2,1-4H3. The molecule has 1 aromatic heterocycles. The lowest BCUT2D eigenvalue weighted by molar-refractivity contribution is 0.0577. The maximum Gasteiger partial charge on any atom is 0.415 e. The monoisotopic (exact) mass is 484 g/mol. The molecule has 8 heteroatoms. The van der Waals surface area contributed by atoms with Gasteiger partial charge >= 0.3 is 6.09 Å². The molecule has 0 fully saturated rings. The second-order valence-electron chi connectivity index (χ2n) is 9.36. The van der Waals surface area contributed by atoms with Crippen molar-refractivity contribution in [2.24, 2.45) is 0 Å². The number of amides is 1. The first-order valence-electron chi connectivity index (χ1n) is 11.5. The second kappa shape index (κ2) is 11.3. The number of aryl methyl sites for hydroxylation is 1. The zero-order chi connectivity index (χ0) is 26.3. The molecule has 36 heavy (non-hydrogen) atoms. The van der Waals surface area contributed by atoms with Crippen LogP contribution in [0, 0.1) is 29.6 Å². The van der Waals surface area contributed by atoms with E-state index in [4.69, 9.17) is 20.0 Å². The fourth-order valence-corrected chi connectivity index (χ4v) is 3.67. The van der Waals surface area contributed by atoms with Crippen LogP contribution in [0.1, 0.15) is 60.8 Å². The van der Waals surface area contributed by atoms with Crippen molar-refractivity contribution in [3.8, 4) is 17.9 Å². The third kappa shape index (κ3) is 6.58. The van der Waals surface area contributed by atoms with Crippen LogP contribution in [-0.2, 0) is 11.3 Å². The lowest BCUT2D eigenvalue weighted by Crippen LogP contribution is -2.36. The average Bonchev–Trinajstić information content (AvgIpc) is 2.86. The van der Waals surface area contributed by atoms with Gasteiger partial charge in [0.15, 0.2) is 12.0 Å².